The normalized spacial score (nSPS) is 11.4. The average molecular weight is 418 g/mol. The van der Waals surface area contributed by atoms with Crippen molar-refractivity contribution in [2.24, 2.45) is 5.14 Å². The van der Waals surface area contributed by atoms with Crippen LogP contribution in [0, 0.1) is 6.92 Å². The molecule has 0 spiro atoms. The Bertz CT molecular complexity index is 1130. The first-order valence-electron chi connectivity index (χ1n) is 8.28. The minimum atomic E-state index is -3.76. The van der Waals surface area contributed by atoms with Gasteiger partial charge in [-0.2, -0.15) is 0 Å². The smallest absolute Gasteiger partial charge is 0.238 e. The second-order valence-corrected chi connectivity index (χ2v) is 8.60. The van der Waals surface area contributed by atoms with Gasteiger partial charge in [0.25, 0.3) is 0 Å². The Morgan fingerprint density at radius 1 is 1.21 bits per heavy atom. The fourth-order valence-electron chi connectivity index (χ4n) is 2.66. The van der Waals surface area contributed by atoms with E-state index < -0.39 is 10.0 Å². The predicted octanol–water partition coefficient (Wildman–Crippen LogP) is 2.93. The number of primary sulfonamides is 1. The molecule has 7 nitrogen and oxygen atoms in total. The number of hydrogen-bond donors (Lipinski definition) is 2. The van der Waals surface area contributed by atoms with E-state index in [0.717, 1.165) is 16.5 Å². The summed E-state index contributed by atoms with van der Waals surface area (Å²) in [5, 5.41) is 9.50. The molecule has 0 aliphatic rings. The van der Waals surface area contributed by atoms with Gasteiger partial charge in [-0.05, 0) is 48.9 Å². The second kappa shape index (κ2) is 8.17. The van der Waals surface area contributed by atoms with E-state index in [1.54, 1.807) is 7.11 Å². The largest absolute Gasteiger partial charge is 0.494 e. The van der Waals surface area contributed by atoms with Crippen LogP contribution >= 0.6 is 11.8 Å². The van der Waals surface area contributed by atoms with E-state index in [9.17, 15) is 13.2 Å². The quantitative estimate of drug-likeness (QED) is 0.597. The summed E-state index contributed by atoms with van der Waals surface area (Å²) in [6.45, 7) is 1.99. The first-order chi connectivity index (χ1) is 13.3. The van der Waals surface area contributed by atoms with Crippen LogP contribution in [0.2, 0.25) is 0 Å². The van der Waals surface area contributed by atoms with Crippen molar-refractivity contribution in [1.29, 1.82) is 0 Å². The lowest BCUT2D eigenvalue weighted by Crippen LogP contribution is -2.15. The first kappa shape index (κ1) is 20.1. The number of ether oxygens (including phenoxy) is 1. The molecule has 2 aromatic carbocycles. The lowest BCUT2D eigenvalue weighted by atomic mass is 10.1. The molecule has 0 saturated heterocycles. The maximum atomic E-state index is 12.2. The molecule has 0 aliphatic heterocycles. The molecular weight excluding hydrogens is 398 g/mol. The highest BCUT2D eigenvalue weighted by Crippen LogP contribution is 2.29. The number of carbonyl (C=O) groups excluding carboxylic acids is 1. The third-order valence-electron chi connectivity index (χ3n) is 4.02. The van der Waals surface area contributed by atoms with Gasteiger partial charge in [0.15, 0.2) is 0 Å². The zero-order valence-electron chi connectivity index (χ0n) is 15.3. The summed E-state index contributed by atoms with van der Waals surface area (Å²) in [5.74, 6) is 0.611. The number of amides is 1. The molecule has 28 heavy (non-hydrogen) atoms. The van der Waals surface area contributed by atoms with E-state index in [0.29, 0.717) is 16.5 Å². The molecule has 0 bridgehead atoms. The summed E-state index contributed by atoms with van der Waals surface area (Å²) < 4.78 is 27.9. The Morgan fingerprint density at radius 2 is 1.93 bits per heavy atom. The summed E-state index contributed by atoms with van der Waals surface area (Å²) in [6, 6.07) is 13.3. The average Bonchev–Trinajstić information content (AvgIpc) is 2.66. The Hall–Kier alpha value is -2.62. The molecule has 0 aliphatic carbocycles. The fourth-order valence-corrected chi connectivity index (χ4v) is 3.95. The number of thioether (sulfide) groups is 1. The van der Waals surface area contributed by atoms with E-state index in [1.807, 2.05) is 31.2 Å². The molecule has 0 radical (unpaired) electrons. The van der Waals surface area contributed by atoms with Gasteiger partial charge in [-0.15, -0.1) is 0 Å². The zero-order chi connectivity index (χ0) is 20.3. The van der Waals surface area contributed by atoms with Crippen LogP contribution in [0.5, 0.6) is 5.75 Å². The molecule has 0 fully saturated rings. The Kier molecular flexibility index (Phi) is 5.87. The number of rotatable bonds is 6. The molecule has 3 N–H and O–H groups in total. The van der Waals surface area contributed by atoms with Gasteiger partial charge in [-0.25, -0.2) is 18.5 Å². The van der Waals surface area contributed by atoms with Gasteiger partial charge in [0.05, 0.1) is 22.8 Å². The molecule has 0 saturated carbocycles. The number of carbonyl (C=O) groups is 1. The van der Waals surface area contributed by atoms with Crippen molar-refractivity contribution < 1.29 is 17.9 Å². The van der Waals surface area contributed by atoms with Crippen LogP contribution in [0.3, 0.4) is 0 Å². The molecule has 1 aromatic heterocycles. The summed E-state index contributed by atoms with van der Waals surface area (Å²) in [6.07, 6.45) is 0. The van der Waals surface area contributed by atoms with E-state index >= 15 is 0 Å². The van der Waals surface area contributed by atoms with E-state index in [2.05, 4.69) is 10.3 Å². The van der Waals surface area contributed by atoms with Gasteiger partial charge >= 0.3 is 0 Å². The van der Waals surface area contributed by atoms with Crippen molar-refractivity contribution >= 4 is 44.3 Å². The highest BCUT2D eigenvalue weighted by atomic mass is 32.2. The molecule has 9 heteroatoms. The number of aromatic nitrogens is 1. The number of methoxy groups -OCH3 is 1. The number of sulfonamides is 1. The maximum Gasteiger partial charge on any atom is 0.238 e. The molecule has 1 heterocycles. The van der Waals surface area contributed by atoms with Crippen molar-refractivity contribution in [2.75, 3.05) is 18.2 Å². The third kappa shape index (κ3) is 4.61. The zero-order valence-corrected chi connectivity index (χ0v) is 16.9. The molecule has 3 aromatic rings. The van der Waals surface area contributed by atoms with Crippen LogP contribution in [0.4, 0.5) is 5.69 Å². The minimum absolute atomic E-state index is 0.00957. The SMILES string of the molecule is COc1cccc2c(C)cc(SCC(=O)Nc3ccc(S(N)(=O)=O)cc3)nc12. The number of benzene rings is 2. The Morgan fingerprint density at radius 3 is 2.57 bits per heavy atom. The highest BCUT2D eigenvalue weighted by Gasteiger charge is 2.11. The number of anilines is 1. The van der Waals surface area contributed by atoms with Gasteiger partial charge in [-0.3, -0.25) is 4.79 Å². The van der Waals surface area contributed by atoms with Gasteiger partial charge in [0, 0.05) is 11.1 Å². The summed E-state index contributed by atoms with van der Waals surface area (Å²) >= 11 is 1.31. The number of nitrogens with one attached hydrogen (secondary N) is 1. The van der Waals surface area contributed by atoms with Gasteiger partial charge in [0.2, 0.25) is 15.9 Å². The maximum absolute atomic E-state index is 12.2. The number of nitrogens with two attached hydrogens (primary N) is 1. The van der Waals surface area contributed by atoms with Crippen molar-refractivity contribution in [3.05, 3.63) is 54.1 Å². The number of para-hydroxylation sites is 1. The highest BCUT2D eigenvalue weighted by molar-refractivity contribution is 7.99. The third-order valence-corrected chi connectivity index (χ3v) is 5.86. The van der Waals surface area contributed by atoms with Crippen molar-refractivity contribution in [2.45, 2.75) is 16.8 Å². The van der Waals surface area contributed by atoms with Gasteiger partial charge in [-0.1, -0.05) is 23.9 Å². The Balaban J connectivity index is 1.69. The molecule has 0 unspecified atom stereocenters. The van der Waals surface area contributed by atoms with E-state index in [1.165, 1.54) is 36.0 Å². The van der Waals surface area contributed by atoms with Crippen LogP contribution in [0.25, 0.3) is 10.9 Å². The van der Waals surface area contributed by atoms with Gasteiger partial charge in [0.1, 0.15) is 11.3 Å². The van der Waals surface area contributed by atoms with Crippen LogP contribution < -0.4 is 15.2 Å². The second-order valence-electron chi connectivity index (χ2n) is 6.04. The number of fused-ring (bicyclic) bond motifs is 1. The monoisotopic (exact) mass is 417 g/mol. The molecule has 0 atom stereocenters. The number of aryl methyl sites for hydroxylation is 1. The van der Waals surface area contributed by atoms with Crippen LogP contribution in [0.15, 0.2) is 58.5 Å². The molecule has 146 valence electrons. The van der Waals surface area contributed by atoms with E-state index in [-0.39, 0.29) is 16.6 Å². The molecular formula is C19H19N3O4S2. The minimum Gasteiger partial charge on any atom is -0.494 e. The number of pyridine rings is 1. The van der Waals surface area contributed by atoms with Crippen molar-refractivity contribution in [3.63, 3.8) is 0 Å². The molecule has 1 amide bonds. The van der Waals surface area contributed by atoms with Gasteiger partial charge < -0.3 is 10.1 Å². The lowest BCUT2D eigenvalue weighted by molar-refractivity contribution is -0.113. The topological polar surface area (TPSA) is 111 Å². The standard InChI is InChI=1S/C19H19N3O4S2/c1-12-10-18(22-19-15(12)4-3-5-16(19)26-2)27-11-17(23)21-13-6-8-14(9-7-13)28(20,24)25/h3-10H,11H2,1-2H3,(H,21,23)(H2,20,24,25). The van der Waals surface area contributed by atoms with Crippen LogP contribution in [-0.2, 0) is 14.8 Å². The summed E-state index contributed by atoms with van der Waals surface area (Å²) in [7, 11) is -2.16. The summed E-state index contributed by atoms with van der Waals surface area (Å²) in [4.78, 5) is 16.8. The van der Waals surface area contributed by atoms with Crippen molar-refractivity contribution in [1.82, 2.24) is 4.98 Å². The Labute approximate surface area is 167 Å². The summed E-state index contributed by atoms with van der Waals surface area (Å²) in [5.41, 5.74) is 2.29. The predicted molar refractivity (Wildman–Crippen MR) is 110 cm³/mol. The van der Waals surface area contributed by atoms with Crippen molar-refractivity contribution in [3.8, 4) is 5.75 Å². The van der Waals surface area contributed by atoms with Crippen LogP contribution in [0.1, 0.15) is 5.56 Å². The van der Waals surface area contributed by atoms with Crippen LogP contribution in [-0.4, -0.2) is 32.2 Å². The number of hydrogen-bond acceptors (Lipinski definition) is 6. The fraction of sp³-hybridized carbons (Fsp3) is 0.158. The van der Waals surface area contributed by atoms with E-state index in [4.69, 9.17) is 9.88 Å². The number of nitrogens with zero attached hydrogens (tertiary/aromatic N) is 1. The molecule has 3 rings (SSSR count). The lowest BCUT2D eigenvalue weighted by Gasteiger charge is -2.10. The first-order valence-corrected chi connectivity index (χ1v) is 10.8.